The lowest BCUT2D eigenvalue weighted by atomic mass is 9.77. The molecule has 0 unspecified atom stereocenters. The third-order valence-electron chi connectivity index (χ3n) is 12.3. The summed E-state index contributed by atoms with van der Waals surface area (Å²) in [5, 5.41) is 8.13. The number of rotatable bonds is 17. The number of anilines is 1. The van der Waals surface area contributed by atoms with E-state index < -0.39 is 42.3 Å². The summed E-state index contributed by atoms with van der Waals surface area (Å²) >= 11 is 2.71. The molecule has 1 saturated heterocycles. The van der Waals surface area contributed by atoms with Gasteiger partial charge in [-0.05, 0) is 53.3 Å². The monoisotopic (exact) mass is 1080 g/mol. The molecule has 350 valence electrons. The molecule has 13 nitrogen and oxygen atoms in total. The maximum atomic E-state index is 14.6. The van der Waals surface area contributed by atoms with E-state index in [1.165, 1.54) is 53.5 Å². The minimum Gasteiger partial charge on any atom is -1.00 e. The predicted octanol–water partition coefficient (Wildman–Crippen LogP) is 5.26. The van der Waals surface area contributed by atoms with E-state index >= 15 is 0 Å². The van der Waals surface area contributed by atoms with Crippen molar-refractivity contribution < 1.29 is 66.0 Å². The molecule has 9 rings (SSSR count). The molecule has 2 N–H and O–H groups in total. The Morgan fingerprint density at radius 1 is 0.868 bits per heavy atom. The van der Waals surface area contributed by atoms with Crippen LogP contribution in [0.15, 0.2) is 156 Å². The number of benzene rings is 4. The number of pyridine rings is 1. The number of carbonyl (C=O) groups is 3. The number of aryl methyl sites for hydroxylation is 1. The molecule has 17 heteroatoms. The van der Waals surface area contributed by atoms with E-state index in [4.69, 9.17) is 23.5 Å². The Labute approximate surface area is 420 Å². The number of β-lactam (4-membered cyclic amide) rings is 1. The number of ether oxygens (including phenoxy) is 2. The number of hydrogen-bond donors (Lipinski definition) is 2. The van der Waals surface area contributed by atoms with Gasteiger partial charge in [-0.2, -0.15) is 4.57 Å². The van der Waals surface area contributed by atoms with E-state index in [0.717, 1.165) is 52.9 Å². The first-order valence-electron chi connectivity index (χ1n) is 21.8. The maximum absolute atomic E-state index is 14.6. The van der Waals surface area contributed by atoms with E-state index in [9.17, 15) is 18.9 Å². The van der Waals surface area contributed by atoms with Crippen LogP contribution in [-0.4, -0.2) is 66.2 Å². The van der Waals surface area contributed by atoms with Crippen LogP contribution in [-0.2, 0) is 64.3 Å². The van der Waals surface area contributed by atoms with E-state index in [-0.39, 0.29) is 47.5 Å². The molecule has 3 aliphatic rings. The highest BCUT2D eigenvalue weighted by atomic mass is 127. The van der Waals surface area contributed by atoms with E-state index in [0.29, 0.717) is 23.2 Å². The van der Waals surface area contributed by atoms with Crippen LogP contribution >= 0.6 is 30.7 Å². The Bertz CT molecular complexity index is 2800. The standard InChI is InChI=1S/C51H48N5O8PS2.HI/c1-61-40-26-24-34(25-27-40)30-64-49(59)45-36(29-55-28-14-16-35-15-13-23-43(35)55)32-66-48-44(47(58)56(45)48)53-46(57)41(31-65(60,62-2)63-3)42-33-67-50(52-42)54-51(37-17-7-4-8-18-37,38-19-9-5-10-20-38)39-21-11-6-12-22-39;/h4-12,14,16-22,24-28,31,33,44,48H,13,15,23,29-30,32H2,1-3H3,(H-,52,53,54,57);1H/b41-31-;/t44-,48-;/m1./s1. The fourth-order valence-corrected chi connectivity index (χ4v) is 11.9. The Morgan fingerprint density at radius 2 is 1.50 bits per heavy atom. The molecule has 0 saturated carbocycles. The van der Waals surface area contributed by atoms with Crippen LogP contribution in [0.1, 0.15) is 45.6 Å². The highest BCUT2D eigenvalue weighted by Gasteiger charge is 2.55. The van der Waals surface area contributed by atoms with Crippen LogP contribution in [0.4, 0.5) is 5.13 Å². The zero-order valence-electron chi connectivity index (χ0n) is 37.5. The van der Waals surface area contributed by atoms with Crippen LogP contribution in [0, 0.1) is 0 Å². The molecule has 2 amide bonds. The third-order valence-corrected chi connectivity index (χ3v) is 16.0. The minimum atomic E-state index is -3.98. The number of hydrogen-bond acceptors (Lipinski definition) is 12. The molecule has 0 spiro atoms. The zero-order chi connectivity index (χ0) is 46.5. The van der Waals surface area contributed by atoms with Crippen molar-refractivity contribution in [1.82, 2.24) is 15.2 Å². The van der Waals surface area contributed by atoms with Gasteiger partial charge in [0.2, 0.25) is 0 Å². The van der Waals surface area contributed by atoms with E-state index in [2.05, 4.69) is 21.3 Å². The van der Waals surface area contributed by atoms with Crippen LogP contribution in [0.3, 0.4) is 0 Å². The van der Waals surface area contributed by atoms with Crippen LogP contribution in [0.2, 0.25) is 0 Å². The van der Waals surface area contributed by atoms with Gasteiger partial charge in [0.15, 0.2) is 23.6 Å². The number of esters is 1. The molecule has 68 heavy (non-hydrogen) atoms. The highest BCUT2D eigenvalue weighted by molar-refractivity contribution is 8.00. The summed E-state index contributed by atoms with van der Waals surface area (Å²) in [6.07, 6.45) is 4.97. The van der Waals surface area contributed by atoms with Gasteiger partial charge < -0.3 is 53.1 Å². The Balaban J connectivity index is 0.00000625. The van der Waals surface area contributed by atoms with Crippen molar-refractivity contribution >= 4 is 59.2 Å². The SMILES string of the molecule is COc1ccc(COC(=O)C2=C(C[n+]3cccc4c3CCC4)CS[C@@H]3[C@H](NC(=O)/C(=C\P(=O)(OC)OC)c4csc(NC(c5ccccc5)(c5ccccc5)c5ccccc5)n4)C(=O)N23)cc1.[I-]. The summed E-state index contributed by atoms with van der Waals surface area (Å²) in [7, 11) is 0.0606. The molecule has 1 aliphatic carbocycles. The zero-order valence-corrected chi connectivity index (χ0v) is 42.2. The lowest BCUT2D eigenvalue weighted by molar-refractivity contribution is -0.696. The maximum Gasteiger partial charge on any atom is 0.355 e. The van der Waals surface area contributed by atoms with Gasteiger partial charge in [-0.1, -0.05) is 103 Å². The van der Waals surface area contributed by atoms with Gasteiger partial charge >= 0.3 is 13.6 Å². The number of carbonyl (C=O) groups excluding carboxylic acids is 3. The molecule has 4 heterocycles. The van der Waals surface area contributed by atoms with Gasteiger partial charge in [0.05, 0.1) is 18.4 Å². The topological polar surface area (TPSA) is 149 Å². The van der Waals surface area contributed by atoms with Crippen LogP contribution in [0.25, 0.3) is 5.57 Å². The molecule has 2 aromatic heterocycles. The van der Waals surface area contributed by atoms with E-state index in [1.54, 1.807) is 24.6 Å². The smallest absolute Gasteiger partial charge is 0.355 e. The highest BCUT2D eigenvalue weighted by Crippen LogP contribution is 2.51. The second-order valence-corrected chi connectivity index (χ2v) is 20.2. The lowest BCUT2D eigenvalue weighted by Crippen LogP contribution is -3.00. The number of halogens is 1. The fraction of sp³-hybridized carbons (Fsp3) is 0.235. The molecule has 4 aromatic carbocycles. The quantitative estimate of drug-likeness (QED) is 0.0235. The molecule has 0 bridgehead atoms. The average Bonchev–Trinajstić information content (AvgIpc) is 4.07. The summed E-state index contributed by atoms with van der Waals surface area (Å²) in [6, 6.07) is 40.4. The average molecular weight is 1080 g/mol. The number of fused-ring (bicyclic) bond motifs is 2. The van der Waals surface area contributed by atoms with Gasteiger partial charge in [0, 0.05) is 54.8 Å². The van der Waals surface area contributed by atoms with Gasteiger partial charge in [0.25, 0.3) is 11.8 Å². The number of thiazole rings is 1. The van der Waals surface area contributed by atoms with Gasteiger partial charge in [-0.25, -0.2) is 9.78 Å². The van der Waals surface area contributed by atoms with Crippen molar-refractivity contribution in [2.24, 2.45) is 0 Å². The number of nitrogens with one attached hydrogen (secondary N) is 2. The van der Waals surface area contributed by atoms with Crippen molar-refractivity contribution in [3.63, 3.8) is 0 Å². The first kappa shape index (κ1) is 48.8. The summed E-state index contributed by atoms with van der Waals surface area (Å²) in [4.78, 5) is 49.6. The van der Waals surface area contributed by atoms with Gasteiger partial charge in [-0.3, -0.25) is 19.1 Å². The lowest BCUT2D eigenvalue weighted by Gasteiger charge is -2.49. The first-order chi connectivity index (χ1) is 32.6. The molecule has 2 atom stereocenters. The summed E-state index contributed by atoms with van der Waals surface area (Å²) in [5.74, 6) is 0.367. The second kappa shape index (κ2) is 21.3. The Hall–Kier alpha value is -5.62. The summed E-state index contributed by atoms with van der Waals surface area (Å²) in [5.41, 5.74) is 6.15. The molecular weight excluding hydrogens is 1030 g/mol. The molecule has 0 radical (unpaired) electrons. The molecule has 1 fully saturated rings. The molecule has 6 aromatic rings. The van der Waals surface area contributed by atoms with Gasteiger partial charge in [0.1, 0.15) is 35.0 Å². The minimum absolute atomic E-state index is 0. The number of aromatic nitrogens is 2. The Kier molecular flexibility index (Phi) is 15.3. The fourth-order valence-electron chi connectivity index (χ4n) is 8.89. The first-order valence-corrected chi connectivity index (χ1v) is 25.3. The van der Waals surface area contributed by atoms with Crippen molar-refractivity contribution in [3.8, 4) is 5.75 Å². The second-order valence-electron chi connectivity index (χ2n) is 16.2. The molecular formula is C51H49IN5O8PS2. The third kappa shape index (κ3) is 9.80. The van der Waals surface area contributed by atoms with Crippen molar-refractivity contribution in [2.75, 3.05) is 32.4 Å². The van der Waals surface area contributed by atoms with Crippen molar-refractivity contribution in [2.45, 2.75) is 49.4 Å². The molecule has 2 aliphatic heterocycles. The number of nitrogens with zero attached hydrogens (tertiary/aromatic N) is 3. The summed E-state index contributed by atoms with van der Waals surface area (Å²) < 4.78 is 37.7. The van der Waals surface area contributed by atoms with Crippen LogP contribution < -0.4 is 43.9 Å². The van der Waals surface area contributed by atoms with Crippen LogP contribution in [0.5, 0.6) is 5.75 Å². The largest absolute Gasteiger partial charge is 1.00 e. The van der Waals surface area contributed by atoms with Crippen molar-refractivity contribution in [1.29, 1.82) is 0 Å². The predicted molar refractivity (Wildman–Crippen MR) is 258 cm³/mol. The number of thioether (sulfide) groups is 1. The number of methoxy groups -OCH3 is 1. The van der Waals surface area contributed by atoms with Gasteiger partial charge in [-0.15, -0.1) is 23.1 Å². The Morgan fingerprint density at radius 3 is 2.10 bits per heavy atom. The number of amides is 2. The van der Waals surface area contributed by atoms with Crippen molar-refractivity contribution in [3.05, 3.63) is 195 Å². The van der Waals surface area contributed by atoms with E-state index in [1.807, 2.05) is 115 Å². The normalized spacial score (nSPS) is 16.8. The summed E-state index contributed by atoms with van der Waals surface area (Å²) in [6.45, 7) is 0.377.